The average molecular weight is 267 g/mol. The van der Waals surface area contributed by atoms with Crippen LogP contribution in [0.4, 0.5) is 0 Å². The van der Waals surface area contributed by atoms with Crippen LogP contribution in [0.2, 0.25) is 0 Å². The zero-order valence-corrected chi connectivity index (χ0v) is 11.4. The molecule has 1 aliphatic heterocycles. The molecule has 2 N–H and O–H groups in total. The van der Waals surface area contributed by atoms with Crippen molar-refractivity contribution >= 4 is 0 Å². The van der Waals surface area contributed by atoms with Gasteiger partial charge < -0.3 is 24.6 Å². The summed E-state index contributed by atoms with van der Waals surface area (Å²) in [4.78, 5) is 0. The van der Waals surface area contributed by atoms with Crippen LogP contribution in [0.3, 0.4) is 0 Å². The van der Waals surface area contributed by atoms with Gasteiger partial charge in [0.2, 0.25) is 12.5 Å². The summed E-state index contributed by atoms with van der Waals surface area (Å²) in [5, 5.41) is 12.9. The van der Waals surface area contributed by atoms with Gasteiger partial charge in [0.1, 0.15) is 0 Å². The van der Waals surface area contributed by atoms with Gasteiger partial charge in [-0.2, -0.15) is 0 Å². The van der Waals surface area contributed by atoms with Crippen molar-refractivity contribution in [2.75, 3.05) is 20.4 Å². The molecule has 0 aromatic heterocycles. The van der Waals surface area contributed by atoms with Crippen LogP contribution in [0.1, 0.15) is 25.3 Å². The van der Waals surface area contributed by atoms with Crippen LogP contribution < -0.4 is 19.5 Å². The Morgan fingerprint density at radius 2 is 2.26 bits per heavy atom. The Hall–Kier alpha value is -1.46. The molecule has 1 aromatic rings. The average Bonchev–Trinajstić information content (AvgIpc) is 2.86. The number of methoxy groups -OCH3 is 1. The van der Waals surface area contributed by atoms with Gasteiger partial charge in [-0.1, -0.05) is 13.3 Å². The fraction of sp³-hybridized carbons (Fsp3) is 0.571. The molecule has 0 amide bonds. The van der Waals surface area contributed by atoms with E-state index in [1.807, 2.05) is 12.1 Å². The lowest BCUT2D eigenvalue weighted by molar-refractivity contribution is 0.160. The molecule has 1 aromatic carbocycles. The number of aliphatic hydroxyl groups is 1. The van der Waals surface area contributed by atoms with Gasteiger partial charge >= 0.3 is 0 Å². The third-order valence-electron chi connectivity index (χ3n) is 3.05. The van der Waals surface area contributed by atoms with Crippen molar-refractivity contribution in [3.8, 4) is 17.2 Å². The Morgan fingerprint density at radius 3 is 3.00 bits per heavy atom. The highest BCUT2D eigenvalue weighted by atomic mass is 16.7. The highest BCUT2D eigenvalue weighted by Crippen LogP contribution is 2.41. The molecule has 0 fully saturated rings. The van der Waals surface area contributed by atoms with Crippen molar-refractivity contribution < 1.29 is 19.3 Å². The molecule has 0 spiro atoms. The van der Waals surface area contributed by atoms with Crippen molar-refractivity contribution in [3.05, 3.63) is 17.7 Å². The molecule has 0 bridgehead atoms. The minimum absolute atomic E-state index is 0.234. The standard InChI is InChI=1S/C14H21NO4/c1-3-4-11(16)8-15-7-10-5-12(17-2)14-13(6-10)18-9-19-14/h5-6,11,15-16H,3-4,7-9H2,1-2H3. The van der Waals surface area contributed by atoms with Gasteiger partial charge in [-0.05, 0) is 24.1 Å². The lowest BCUT2D eigenvalue weighted by Gasteiger charge is -2.12. The zero-order valence-electron chi connectivity index (χ0n) is 11.4. The van der Waals surface area contributed by atoms with E-state index in [9.17, 15) is 5.11 Å². The first-order chi connectivity index (χ1) is 9.24. The smallest absolute Gasteiger partial charge is 0.231 e. The number of benzene rings is 1. The van der Waals surface area contributed by atoms with Crippen molar-refractivity contribution in [3.63, 3.8) is 0 Å². The maximum absolute atomic E-state index is 9.65. The summed E-state index contributed by atoms with van der Waals surface area (Å²) in [7, 11) is 1.61. The molecule has 0 aliphatic carbocycles. The Morgan fingerprint density at radius 1 is 1.42 bits per heavy atom. The maximum atomic E-state index is 9.65. The molecular weight excluding hydrogens is 246 g/mol. The third-order valence-corrected chi connectivity index (χ3v) is 3.05. The molecule has 106 valence electrons. The molecule has 0 saturated carbocycles. The topological polar surface area (TPSA) is 60.0 Å². The van der Waals surface area contributed by atoms with Crippen molar-refractivity contribution in [1.82, 2.24) is 5.32 Å². The van der Waals surface area contributed by atoms with Crippen LogP contribution in [0.5, 0.6) is 17.2 Å². The Labute approximate surface area is 113 Å². The van der Waals surface area contributed by atoms with Crippen molar-refractivity contribution in [2.24, 2.45) is 0 Å². The first kappa shape index (κ1) is 14.0. The molecule has 1 atom stereocenters. The number of fused-ring (bicyclic) bond motifs is 1. The fourth-order valence-electron chi connectivity index (χ4n) is 2.10. The molecule has 1 aliphatic rings. The van der Waals surface area contributed by atoms with E-state index in [1.54, 1.807) is 7.11 Å². The molecular formula is C14H21NO4. The number of rotatable bonds is 7. The Kier molecular flexibility index (Phi) is 4.87. The van der Waals surface area contributed by atoms with E-state index in [2.05, 4.69) is 12.2 Å². The summed E-state index contributed by atoms with van der Waals surface area (Å²) >= 11 is 0. The largest absolute Gasteiger partial charge is 0.493 e. The normalized spacial score (nSPS) is 14.5. The lowest BCUT2D eigenvalue weighted by atomic mass is 10.1. The van der Waals surface area contributed by atoms with E-state index in [0.29, 0.717) is 30.3 Å². The number of ether oxygens (including phenoxy) is 3. The molecule has 0 saturated heterocycles. The number of aliphatic hydroxyl groups excluding tert-OH is 1. The van der Waals surface area contributed by atoms with E-state index < -0.39 is 0 Å². The van der Waals surface area contributed by atoms with Gasteiger partial charge in [0.05, 0.1) is 13.2 Å². The second kappa shape index (κ2) is 6.63. The van der Waals surface area contributed by atoms with Gasteiger partial charge in [0.25, 0.3) is 0 Å². The van der Waals surface area contributed by atoms with Gasteiger partial charge in [0, 0.05) is 13.1 Å². The predicted molar refractivity (Wildman–Crippen MR) is 71.7 cm³/mol. The highest BCUT2D eigenvalue weighted by Gasteiger charge is 2.19. The van der Waals surface area contributed by atoms with Crippen LogP contribution >= 0.6 is 0 Å². The van der Waals surface area contributed by atoms with E-state index in [4.69, 9.17) is 14.2 Å². The fourth-order valence-corrected chi connectivity index (χ4v) is 2.10. The molecule has 2 rings (SSSR count). The maximum Gasteiger partial charge on any atom is 0.231 e. The van der Waals surface area contributed by atoms with E-state index in [0.717, 1.165) is 18.4 Å². The van der Waals surface area contributed by atoms with Crippen LogP contribution in [0, 0.1) is 0 Å². The Balaban J connectivity index is 1.94. The van der Waals surface area contributed by atoms with E-state index in [1.165, 1.54) is 0 Å². The van der Waals surface area contributed by atoms with Crippen LogP contribution in [-0.2, 0) is 6.54 Å². The number of hydrogen-bond donors (Lipinski definition) is 2. The minimum atomic E-state index is -0.291. The van der Waals surface area contributed by atoms with Crippen LogP contribution in [0.15, 0.2) is 12.1 Å². The summed E-state index contributed by atoms with van der Waals surface area (Å²) < 4.78 is 16.0. The van der Waals surface area contributed by atoms with Gasteiger partial charge in [-0.25, -0.2) is 0 Å². The molecule has 1 heterocycles. The number of nitrogens with one attached hydrogen (secondary N) is 1. The molecule has 0 radical (unpaired) electrons. The molecule has 5 heteroatoms. The quantitative estimate of drug-likeness (QED) is 0.787. The summed E-state index contributed by atoms with van der Waals surface area (Å²) in [6, 6.07) is 3.86. The first-order valence-electron chi connectivity index (χ1n) is 6.60. The highest BCUT2D eigenvalue weighted by molar-refractivity contribution is 5.55. The lowest BCUT2D eigenvalue weighted by Crippen LogP contribution is -2.26. The summed E-state index contributed by atoms with van der Waals surface area (Å²) in [6.45, 7) is 3.54. The third kappa shape index (κ3) is 3.52. The summed E-state index contributed by atoms with van der Waals surface area (Å²) in [5.74, 6) is 2.06. The van der Waals surface area contributed by atoms with E-state index >= 15 is 0 Å². The zero-order chi connectivity index (χ0) is 13.7. The SMILES string of the molecule is CCCC(O)CNCc1cc(OC)c2c(c1)OCO2. The Bertz CT molecular complexity index is 422. The van der Waals surface area contributed by atoms with Crippen LogP contribution in [-0.4, -0.2) is 31.7 Å². The van der Waals surface area contributed by atoms with Crippen molar-refractivity contribution in [2.45, 2.75) is 32.4 Å². The van der Waals surface area contributed by atoms with E-state index in [-0.39, 0.29) is 12.9 Å². The monoisotopic (exact) mass is 267 g/mol. The van der Waals surface area contributed by atoms with Gasteiger partial charge in [-0.15, -0.1) is 0 Å². The van der Waals surface area contributed by atoms with Gasteiger partial charge in [0.15, 0.2) is 11.5 Å². The van der Waals surface area contributed by atoms with Gasteiger partial charge in [-0.3, -0.25) is 0 Å². The molecule has 5 nitrogen and oxygen atoms in total. The minimum Gasteiger partial charge on any atom is -0.493 e. The molecule has 1 unspecified atom stereocenters. The second-order valence-corrected chi connectivity index (χ2v) is 4.61. The van der Waals surface area contributed by atoms with Crippen molar-refractivity contribution in [1.29, 1.82) is 0 Å². The number of hydrogen-bond acceptors (Lipinski definition) is 5. The molecule has 19 heavy (non-hydrogen) atoms. The summed E-state index contributed by atoms with van der Waals surface area (Å²) in [5.41, 5.74) is 1.05. The second-order valence-electron chi connectivity index (χ2n) is 4.61. The predicted octanol–water partition coefficient (Wildman–Crippen LogP) is 1.67. The first-order valence-corrected chi connectivity index (χ1v) is 6.60. The van der Waals surface area contributed by atoms with Crippen LogP contribution in [0.25, 0.3) is 0 Å². The summed E-state index contributed by atoms with van der Waals surface area (Å²) in [6.07, 6.45) is 1.51.